The molecule has 0 aliphatic rings. The molecule has 0 spiro atoms. The van der Waals surface area contributed by atoms with Crippen LogP contribution in [0.5, 0.6) is 11.5 Å². The fraction of sp³-hybridized carbons (Fsp3) is 0.571. The molecule has 17 heavy (non-hydrogen) atoms. The summed E-state index contributed by atoms with van der Waals surface area (Å²) >= 11 is 0. The minimum Gasteiger partial charge on any atom is -0.496 e. The van der Waals surface area contributed by atoms with Gasteiger partial charge in [-0.25, -0.2) is 0 Å². The Labute approximate surface area is 104 Å². The standard InChI is InChI=1S/C14H23NO2/c1-5-6-11-8-14(17-4)12(7-10(2)15)9-13(11)16-3/h8-10H,5-7,15H2,1-4H3/t10-/m0/s1. The van der Waals surface area contributed by atoms with Gasteiger partial charge in [-0.1, -0.05) is 13.3 Å². The highest BCUT2D eigenvalue weighted by molar-refractivity contribution is 5.47. The summed E-state index contributed by atoms with van der Waals surface area (Å²) in [6, 6.07) is 4.23. The molecule has 1 rings (SSSR count). The van der Waals surface area contributed by atoms with Crippen molar-refractivity contribution >= 4 is 0 Å². The predicted molar refractivity (Wildman–Crippen MR) is 70.9 cm³/mol. The molecule has 0 saturated carbocycles. The average Bonchev–Trinajstić information content (AvgIpc) is 2.30. The second kappa shape index (κ2) is 6.50. The molecule has 96 valence electrons. The van der Waals surface area contributed by atoms with Gasteiger partial charge >= 0.3 is 0 Å². The van der Waals surface area contributed by atoms with Crippen LogP contribution in [-0.2, 0) is 12.8 Å². The van der Waals surface area contributed by atoms with E-state index >= 15 is 0 Å². The van der Waals surface area contributed by atoms with E-state index in [9.17, 15) is 0 Å². The normalized spacial score (nSPS) is 12.3. The van der Waals surface area contributed by atoms with Crippen LogP contribution >= 0.6 is 0 Å². The molecule has 1 atom stereocenters. The first kappa shape index (κ1) is 13.8. The number of hydrogen-bond acceptors (Lipinski definition) is 3. The molecular formula is C14H23NO2. The van der Waals surface area contributed by atoms with Crippen molar-refractivity contribution in [2.24, 2.45) is 5.73 Å². The summed E-state index contributed by atoms with van der Waals surface area (Å²) in [5.74, 6) is 1.84. The molecule has 0 aromatic heterocycles. The van der Waals surface area contributed by atoms with Gasteiger partial charge in [0.05, 0.1) is 14.2 Å². The summed E-state index contributed by atoms with van der Waals surface area (Å²) in [5.41, 5.74) is 8.14. The van der Waals surface area contributed by atoms with E-state index in [1.165, 1.54) is 5.56 Å². The molecule has 0 fully saturated rings. The predicted octanol–water partition coefficient (Wildman–Crippen LogP) is 2.55. The first-order valence-electron chi connectivity index (χ1n) is 6.11. The minimum absolute atomic E-state index is 0.116. The zero-order valence-corrected chi connectivity index (χ0v) is 11.2. The summed E-state index contributed by atoms with van der Waals surface area (Å²) in [7, 11) is 3.40. The van der Waals surface area contributed by atoms with Crippen LogP contribution in [0.1, 0.15) is 31.4 Å². The first-order chi connectivity index (χ1) is 8.12. The van der Waals surface area contributed by atoms with E-state index in [0.717, 1.165) is 36.3 Å². The molecule has 3 nitrogen and oxygen atoms in total. The number of aryl methyl sites for hydroxylation is 1. The second-order valence-corrected chi connectivity index (χ2v) is 4.41. The van der Waals surface area contributed by atoms with Gasteiger partial charge < -0.3 is 15.2 Å². The summed E-state index contributed by atoms with van der Waals surface area (Å²) in [6.45, 7) is 4.15. The van der Waals surface area contributed by atoms with Gasteiger partial charge in [-0.3, -0.25) is 0 Å². The van der Waals surface area contributed by atoms with Gasteiger partial charge in [0.15, 0.2) is 0 Å². The van der Waals surface area contributed by atoms with Gasteiger partial charge in [0.1, 0.15) is 11.5 Å². The molecule has 0 radical (unpaired) electrons. The lowest BCUT2D eigenvalue weighted by Crippen LogP contribution is -2.18. The van der Waals surface area contributed by atoms with E-state index in [1.807, 2.05) is 13.0 Å². The summed E-state index contributed by atoms with van der Waals surface area (Å²) < 4.78 is 10.8. The minimum atomic E-state index is 0.116. The van der Waals surface area contributed by atoms with Gasteiger partial charge in [0.25, 0.3) is 0 Å². The lowest BCUT2D eigenvalue weighted by atomic mass is 10.0. The average molecular weight is 237 g/mol. The van der Waals surface area contributed by atoms with E-state index in [0.29, 0.717) is 0 Å². The first-order valence-corrected chi connectivity index (χ1v) is 6.11. The topological polar surface area (TPSA) is 44.5 Å². The van der Waals surface area contributed by atoms with Crippen molar-refractivity contribution in [3.63, 3.8) is 0 Å². The van der Waals surface area contributed by atoms with Crippen molar-refractivity contribution in [1.29, 1.82) is 0 Å². The van der Waals surface area contributed by atoms with Crippen LogP contribution in [0.2, 0.25) is 0 Å². The lowest BCUT2D eigenvalue weighted by molar-refractivity contribution is 0.393. The van der Waals surface area contributed by atoms with E-state index in [1.54, 1.807) is 14.2 Å². The Hall–Kier alpha value is -1.22. The lowest BCUT2D eigenvalue weighted by Gasteiger charge is -2.15. The second-order valence-electron chi connectivity index (χ2n) is 4.41. The van der Waals surface area contributed by atoms with Crippen molar-refractivity contribution in [3.05, 3.63) is 23.3 Å². The number of nitrogens with two attached hydrogens (primary N) is 1. The van der Waals surface area contributed by atoms with E-state index in [2.05, 4.69) is 13.0 Å². The number of rotatable bonds is 6. The third kappa shape index (κ3) is 3.63. The Morgan fingerprint density at radius 1 is 1.12 bits per heavy atom. The van der Waals surface area contributed by atoms with Crippen LogP contribution < -0.4 is 15.2 Å². The molecule has 0 amide bonds. The van der Waals surface area contributed by atoms with Gasteiger partial charge in [0, 0.05) is 6.04 Å². The molecule has 0 saturated heterocycles. The Kier molecular flexibility index (Phi) is 5.29. The molecule has 1 aromatic carbocycles. The summed E-state index contributed by atoms with van der Waals surface area (Å²) in [6.07, 6.45) is 2.89. The highest BCUT2D eigenvalue weighted by atomic mass is 16.5. The Morgan fingerprint density at radius 2 is 1.65 bits per heavy atom. The van der Waals surface area contributed by atoms with Crippen molar-refractivity contribution in [3.8, 4) is 11.5 Å². The van der Waals surface area contributed by atoms with Crippen LogP contribution in [0.25, 0.3) is 0 Å². The van der Waals surface area contributed by atoms with E-state index in [-0.39, 0.29) is 6.04 Å². The largest absolute Gasteiger partial charge is 0.496 e. The van der Waals surface area contributed by atoms with Crippen LogP contribution in [0, 0.1) is 0 Å². The van der Waals surface area contributed by atoms with Crippen LogP contribution in [0.3, 0.4) is 0 Å². The van der Waals surface area contributed by atoms with E-state index < -0.39 is 0 Å². The molecule has 0 aliphatic heterocycles. The van der Waals surface area contributed by atoms with Gasteiger partial charge in [-0.2, -0.15) is 0 Å². The summed E-state index contributed by atoms with van der Waals surface area (Å²) in [5, 5.41) is 0. The zero-order valence-electron chi connectivity index (χ0n) is 11.2. The highest BCUT2D eigenvalue weighted by Crippen LogP contribution is 2.30. The molecule has 1 aromatic rings. The van der Waals surface area contributed by atoms with Gasteiger partial charge in [-0.15, -0.1) is 0 Å². The molecule has 0 unspecified atom stereocenters. The number of methoxy groups -OCH3 is 2. The van der Waals surface area contributed by atoms with Crippen molar-refractivity contribution in [2.75, 3.05) is 14.2 Å². The maximum atomic E-state index is 5.84. The highest BCUT2D eigenvalue weighted by Gasteiger charge is 2.11. The van der Waals surface area contributed by atoms with Crippen molar-refractivity contribution in [2.45, 2.75) is 39.2 Å². The van der Waals surface area contributed by atoms with Gasteiger partial charge in [-0.05, 0) is 43.0 Å². The zero-order chi connectivity index (χ0) is 12.8. The molecule has 0 bridgehead atoms. The smallest absolute Gasteiger partial charge is 0.122 e. The number of benzene rings is 1. The molecule has 0 aliphatic carbocycles. The Bertz CT molecular complexity index is 361. The van der Waals surface area contributed by atoms with Crippen LogP contribution in [-0.4, -0.2) is 20.3 Å². The van der Waals surface area contributed by atoms with Crippen LogP contribution in [0.4, 0.5) is 0 Å². The molecular weight excluding hydrogens is 214 g/mol. The third-order valence-electron chi connectivity index (χ3n) is 2.74. The molecule has 3 heteroatoms. The Balaban J connectivity index is 3.12. The fourth-order valence-electron chi connectivity index (χ4n) is 2.00. The van der Waals surface area contributed by atoms with E-state index in [4.69, 9.17) is 15.2 Å². The number of ether oxygens (including phenoxy) is 2. The third-order valence-corrected chi connectivity index (χ3v) is 2.74. The van der Waals surface area contributed by atoms with Crippen molar-refractivity contribution in [1.82, 2.24) is 0 Å². The maximum absolute atomic E-state index is 5.84. The molecule has 2 N–H and O–H groups in total. The summed E-state index contributed by atoms with van der Waals surface area (Å²) in [4.78, 5) is 0. The fourth-order valence-corrected chi connectivity index (χ4v) is 2.00. The number of hydrogen-bond donors (Lipinski definition) is 1. The molecule has 0 heterocycles. The maximum Gasteiger partial charge on any atom is 0.122 e. The monoisotopic (exact) mass is 237 g/mol. The van der Waals surface area contributed by atoms with Gasteiger partial charge in [0.2, 0.25) is 0 Å². The SMILES string of the molecule is CCCc1cc(OC)c(C[C@H](C)N)cc1OC. The quantitative estimate of drug-likeness (QED) is 0.827. The van der Waals surface area contributed by atoms with Crippen molar-refractivity contribution < 1.29 is 9.47 Å². The Morgan fingerprint density at radius 3 is 2.12 bits per heavy atom. The van der Waals surface area contributed by atoms with Crippen LogP contribution in [0.15, 0.2) is 12.1 Å².